The Kier molecular flexibility index (Phi) is 4.32. The molecule has 2 bridgehead atoms. The van der Waals surface area contributed by atoms with E-state index in [0.717, 1.165) is 18.6 Å². The number of allylic oxidation sites excluding steroid dienone is 2. The highest BCUT2D eigenvalue weighted by Gasteiger charge is 2.67. The number of nitrogens with zero attached hydrogens (tertiary/aromatic N) is 2. The van der Waals surface area contributed by atoms with E-state index in [-0.39, 0.29) is 28.6 Å². The SMILES string of the molecule is O=C1[C@@H]2[C@H]3C=C[C@@H]([C@@H]4C[C@@H]34)[C@H]2C(=O)N1CN(C(=O)C(F)(F)F)c1cccc(C(F)(F)F)c1. The maximum atomic E-state index is 13.3. The van der Waals surface area contributed by atoms with Crippen LogP contribution in [0.2, 0.25) is 0 Å². The molecule has 0 N–H and O–H groups in total. The number of amides is 3. The molecule has 3 amide bonds. The summed E-state index contributed by atoms with van der Waals surface area (Å²) in [5, 5.41) is 0. The van der Waals surface area contributed by atoms with Crippen molar-refractivity contribution in [3.63, 3.8) is 0 Å². The Morgan fingerprint density at radius 3 is 2.03 bits per heavy atom. The lowest BCUT2D eigenvalue weighted by atomic mass is 9.63. The molecule has 11 heteroatoms. The number of hydrogen-bond donors (Lipinski definition) is 0. The summed E-state index contributed by atoms with van der Waals surface area (Å²) in [5.74, 6) is -5.08. The van der Waals surface area contributed by atoms with Crippen LogP contribution in [0.15, 0.2) is 36.4 Å². The third-order valence-electron chi connectivity index (χ3n) is 7.01. The number of carbonyl (C=O) groups excluding carboxylic acids is 3. The van der Waals surface area contributed by atoms with Crippen molar-refractivity contribution in [3.05, 3.63) is 42.0 Å². The fourth-order valence-electron chi connectivity index (χ4n) is 5.57. The van der Waals surface area contributed by atoms with Gasteiger partial charge in [0.1, 0.15) is 6.67 Å². The first-order valence-electron chi connectivity index (χ1n) is 9.99. The van der Waals surface area contributed by atoms with Crippen LogP contribution in [0.3, 0.4) is 0 Å². The summed E-state index contributed by atoms with van der Waals surface area (Å²) < 4.78 is 79.0. The van der Waals surface area contributed by atoms with Gasteiger partial charge in [-0.05, 0) is 48.3 Å². The van der Waals surface area contributed by atoms with Crippen LogP contribution < -0.4 is 4.90 Å². The molecule has 2 saturated carbocycles. The fraction of sp³-hybridized carbons (Fsp3) is 0.476. The predicted molar refractivity (Wildman–Crippen MR) is 96.4 cm³/mol. The molecule has 1 heterocycles. The lowest BCUT2D eigenvalue weighted by Gasteiger charge is -2.37. The molecule has 0 radical (unpaired) electrons. The van der Waals surface area contributed by atoms with E-state index < -0.39 is 59.8 Å². The normalized spacial score (nSPS) is 32.8. The van der Waals surface area contributed by atoms with Crippen molar-refractivity contribution >= 4 is 23.4 Å². The summed E-state index contributed by atoms with van der Waals surface area (Å²) >= 11 is 0. The van der Waals surface area contributed by atoms with Gasteiger partial charge in [0, 0.05) is 5.69 Å². The Bertz CT molecular complexity index is 1010. The second-order valence-electron chi connectivity index (χ2n) is 8.68. The van der Waals surface area contributed by atoms with Crippen molar-refractivity contribution in [1.82, 2.24) is 4.90 Å². The van der Waals surface area contributed by atoms with E-state index >= 15 is 0 Å². The van der Waals surface area contributed by atoms with Gasteiger partial charge in [0.2, 0.25) is 11.8 Å². The van der Waals surface area contributed by atoms with Crippen LogP contribution in [-0.2, 0) is 20.6 Å². The summed E-state index contributed by atoms with van der Waals surface area (Å²) in [4.78, 5) is 38.8. The topological polar surface area (TPSA) is 57.7 Å². The molecule has 1 aromatic carbocycles. The molecule has 5 aliphatic rings. The van der Waals surface area contributed by atoms with Crippen LogP contribution in [0.4, 0.5) is 32.0 Å². The minimum Gasteiger partial charge on any atom is -0.286 e. The first kappa shape index (κ1) is 21.0. The van der Waals surface area contributed by atoms with E-state index in [1.807, 2.05) is 12.2 Å². The molecule has 6 rings (SSSR count). The number of likely N-dealkylation sites (tertiary alicyclic amines) is 1. The van der Waals surface area contributed by atoms with E-state index in [1.165, 1.54) is 0 Å². The third-order valence-corrected chi connectivity index (χ3v) is 7.01. The number of benzene rings is 1. The highest BCUT2D eigenvalue weighted by molar-refractivity contribution is 6.07. The Balaban J connectivity index is 1.48. The van der Waals surface area contributed by atoms with Gasteiger partial charge in [-0.2, -0.15) is 26.3 Å². The van der Waals surface area contributed by atoms with E-state index in [2.05, 4.69) is 0 Å². The van der Waals surface area contributed by atoms with Gasteiger partial charge in [0.05, 0.1) is 17.4 Å². The summed E-state index contributed by atoms with van der Waals surface area (Å²) in [6.07, 6.45) is -5.64. The molecule has 3 fully saturated rings. The van der Waals surface area contributed by atoms with E-state index in [9.17, 15) is 40.7 Å². The highest BCUT2D eigenvalue weighted by Crippen LogP contribution is 2.65. The number of alkyl halides is 6. The van der Waals surface area contributed by atoms with Crippen LogP contribution in [-0.4, -0.2) is 35.5 Å². The summed E-state index contributed by atoms with van der Waals surface area (Å²) in [6, 6.07) is 2.80. The Morgan fingerprint density at radius 1 is 0.969 bits per heavy atom. The van der Waals surface area contributed by atoms with Crippen molar-refractivity contribution in [2.75, 3.05) is 11.6 Å². The van der Waals surface area contributed by atoms with Crippen LogP contribution in [0.1, 0.15) is 12.0 Å². The van der Waals surface area contributed by atoms with Gasteiger partial charge in [0.15, 0.2) is 0 Å². The average molecular weight is 458 g/mol. The molecular formula is C21H16F6N2O3. The molecule has 170 valence electrons. The number of carbonyl (C=O) groups is 3. The van der Waals surface area contributed by atoms with Gasteiger partial charge in [-0.1, -0.05) is 18.2 Å². The van der Waals surface area contributed by atoms with Gasteiger partial charge in [-0.15, -0.1) is 0 Å². The van der Waals surface area contributed by atoms with Crippen molar-refractivity contribution in [1.29, 1.82) is 0 Å². The summed E-state index contributed by atoms with van der Waals surface area (Å²) in [5.41, 5.74) is -1.97. The molecule has 4 aliphatic carbocycles. The number of anilines is 1. The highest BCUT2D eigenvalue weighted by atomic mass is 19.4. The molecular weight excluding hydrogens is 442 g/mol. The van der Waals surface area contributed by atoms with Gasteiger partial charge in [-0.3, -0.25) is 24.2 Å². The predicted octanol–water partition coefficient (Wildman–Crippen LogP) is 3.61. The van der Waals surface area contributed by atoms with Crippen LogP contribution in [0.25, 0.3) is 0 Å². The van der Waals surface area contributed by atoms with Crippen molar-refractivity contribution in [2.24, 2.45) is 35.5 Å². The monoisotopic (exact) mass is 458 g/mol. The van der Waals surface area contributed by atoms with Crippen molar-refractivity contribution < 1.29 is 40.7 Å². The smallest absolute Gasteiger partial charge is 0.286 e. The van der Waals surface area contributed by atoms with Crippen LogP contribution >= 0.6 is 0 Å². The zero-order valence-electron chi connectivity index (χ0n) is 16.2. The van der Waals surface area contributed by atoms with Crippen LogP contribution in [0, 0.1) is 35.5 Å². The van der Waals surface area contributed by atoms with Gasteiger partial charge < -0.3 is 0 Å². The lowest BCUT2D eigenvalue weighted by Crippen LogP contribution is -2.49. The molecule has 0 aromatic heterocycles. The van der Waals surface area contributed by atoms with Crippen molar-refractivity contribution in [2.45, 2.75) is 18.8 Å². The maximum absolute atomic E-state index is 13.3. The molecule has 5 nitrogen and oxygen atoms in total. The molecule has 1 aromatic rings. The van der Waals surface area contributed by atoms with E-state index in [0.29, 0.717) is 17.0 Å². The maximum Gasteiger partial charge on any atom is 0.471 e. The zero-order chi connectivity index (χ0) is 23.2. The van der Waals surface area contributed by atoms with E-state index in [1.54, 1.807) is 0 Å². The summed E-state index contributed by atoms with van der Waals surface area (Å²) in [7, 11) is 0. The minimum absolute atomic E-state index is 0.0123. The van der Waals surface area contributed by atoms with E-state index in [4.69, 9.17) is 0 Å². The third kappa shape index (κ3) is 3.04. The Morgan fingerprint density at radius 2 is 1.53 bits per heavy atom. The fourth-order valence-corrected chi connectivity index (χ4v) is 5.57. The molecule has 1 saturated heterocycles. The first-order chi connectivity index (χ1) is 14.9. The standard InChI is InChI=1S/C21H16F6N2O3/c22-20(23,24)9-2-1-3-10(6-9)28(19(32)21(25,26)27)8-29-17(30)15-11-4-5-12(14-7-13(11)14)16(15)18(29)31/h1-6,11-16H,7-8H2/t11-,12-,13-,14-,15+,16+/m0/s1. The molecule has 1 aliphatic heterocycles. The molecule has 0 spiro atoms. The second-order valence-corrected chi connectivity index (χ2v) is 8.68. The second kappa shape index (κ2) is 6.58. The van der Waals surface area contributed by atoms with Gasteiger partial charge >= 0.3 is 18.3 Å². The first-order valence-corrected chi connectivity index (χ1v) is 9.99. The van der Waals surface area contributed by atoms with Gasteiger partial charge in [0.25, 0.3) is 0 Å². The Hall–Kier alpha value is -2.85. The van der Waals surface area contributed by atoms with Crippen LogP contribution in [0.5, 0.6) is 0 Å². The molecule has 0 unspecified atom stereocenters. The number of imide groups is 1. The largest absolute Gasteiger partial charge is 0.471 e. The van der Waals surface area contributed by atoms with Crippen molar-refractivity contribution in [3.8, 4) is 0 Å². The lowest BCUT2D eigenvalue weighted by molar-refractivity contribution is -0.171. The molecule has 32 heavy (non-hydrogen) atoms. The number of halogens is 6. The number of rotatable bonds is 3. The minimum atomic E-state index is -5.42. The van der Waals surface area contributed by atoms with Gasteiger partial charge in [-0.25, -0.2) is 0 Å². The quantitative estimate of drug-likeness (QED) is 0.395. The zero-order valence-corrected chi connectivity index (χ0v) is 16.2. The Labute approximate surface area is 177 Å². The molecule has 6 atom stereocenters. The average Bonchev–Trinajstić information content (AvgIpc) is 3.50. The number of hydrogen-bond acceptors (Lipinski definition) is 3. The summed E-state index contributed by atoms with van der Waals surface area (Å²) in [6.45, 7) is -1.10.